The van der Waals surface area contributed by atoms with Gasteiger partial charge in [-0.1, -0.05) is 18.2 Å². The number of rotatable bonds is 3. The number of hydrogen-bond acceptors (Lipinski definition) is 2. The summed E-state index contributed by atoms with van der Waals surface area (Å²) in [5.74, 6) is -0.535. The van der Waals surface area contributed by atoms with Gasteiger partial charge in [-0.15, -0.1) is 0 Å². The van der Waals surface area contributed by atoms with Crippen LogP contribution >= 0.6 is 0 Å². The Labute approximate surface area is 110 Å². The molecule has 0 aliphatic carbocycles. The van der Waals surface area contributed by atoms with Gasteiger partial charge in [0, 0.05) is 5.69 Å². The molecular formula is C15H11FN2O. The molecule has 3 nitrogen and oxygen atoms in total. The van der Waals surface area contributed by atoms with Gasteiger partial charge in [0.1, 0.15) is 5.82 Å². The number of halogens is 1. The number of carbonyl (C=O) groups is 1. The minimum Gasteiger partial charge on any atom is -0.326 e. The normalized spacial score (nSPS) is 9.68. The fourth-order valence-corrected chi connectivity index (χ4v) is 1.66. The second kappa shape index (κ2) is 5.78. The molecular weight excluding hydrogens is 243 g/mol. The summed E-state index contributed by atoms with van der Waals surface area (Å²) in [7, 11) is 0. The van der Waals surface area contributed by atoms with Gasteiger partial charge in [0.25, 0.3) is 0 Å². The van der Waals surface area contributed by atoms with E-state index in [1.165, 1.54) is 12.1 Å². The summed E-state index contributed by atoms with van der Waals surface area (Å²) >= 11 is 0. The lowest BCUT2D eigenvalue weighted by Gasteiger charge is -2.05. The molecule has 0 bridgehead atoms. The number of amides is 1. The van der Waals surface area contributed by atoms with Crippen LogP contribution in [0.2, 0.25) is 0 Å². The molecule has 0 heterocycles. The molecule has 19 heavy (non-hydrogen) atoms. The van der Waals surface area contributed by atoms with Crippen LogP contribution < -0.4 is 5.32 Å². The van der Waals surface area contributed by atoms with Gasteiger partial charge in [0.2, 0.25) is 5.91 Å². The molecule has 2 aromatic rings. The Morgan fingerprint density at radius 3 is 2.63 bits per heavy atom. The average Bonchev–Trinajstić information content (AvgIpc) is 2.41. The first-order chi connectivity index (χ1) is 9.17. The van der Waals surface area contributed by atoms with Crippen LogP contribution in [-0.4, -0.2) is 5.91 Å². The number of nitriles is 1. The topological polar surface area (TPSA) is 52.9 Å². The second-order valence-electron chi connectivity index (χ2n) is 4.04. The van der Waals surface area contributed by atoms with E-state index in [2.05, 4.69) is 5.32 Å². The minimum absolute atomic E-state index is 0.164. The number of benzene rings is 2. The highest BCUT2D eigenvalue weighted by atomic mass is 19.1. The van der Waals surface area contributed by atoms with E-state index in [1.807, 2.05) is 6.07 Å². The van der Waals surface area contributed by atoms with Crippen molar-refractivity contribution in [1.82, 2.24) is 0 Å². The Bertz CT molecular complexity index is 629. The third kappa shape index (κ3) is 3.65. The molecule has 0 saturated heterocycles. The Morgan fingerprint density at radius 1 is 1.21 bits per heavy atom. The predicted molar refractivity (Wildman–Crippen MR) is 69.9 cm³/mol. The lowest BCUT2D eigenvalue weighted by Crippen LogP contribution is -2.14. The first-order valence-corrected chi connectivity index (χ1v) is 5.72. The summed E-state index contributed by atoms with van der Waals surface area (Å²) in [6, 6.07) is 14.5. The molecule has 1 amide bonds. The second-order valence-corrected chi connectivity index (χ2v) is 4.04. The van der Waals surface area contributed by atoms with E-state index in [9.17, 15) is 9.18 Å². The van der Waals surface area contributed by atoms with E-state index in [0.717, 1.165) is 5.56 Å². The van der Waals surface area contributed by atoms with Gasteiger partial charge in [-0.3, -0.25) is 4.79 Å². The summed E-state index contributed by atoms with van der Waals surface area (Å²) in [6.07, 6.45) is 0.164. The van der Waals surface area contributed by atoms with Crippen LogP contribution in [0.15, 0.2) is 48.5 Å². The van der Waals surface area contributed by atoms with Crippen LogP contribution in [0.1, 0.15) is 11.1 Å². The minimum atomic E-state index is -0.328. The van der Waals surface area contributed by atoms with Gasteiger partial charge in [-0.2, -0.15) is 5.26 Å². The zero-order valence-electron chi connectivity index (χ0n) is 10.1. The molecule has 0 saturated carbocycles. The van der Waals surface area contributed by atoms with Crippen molar-refractivity contribution in [2.75, 3.05) is 5.32 Å². The number of nitrogens with one attached hydrogen (secondary N) is 1. The van der Waals surface area contributed by atoms with Crippen molar-refractivity contribution in [1.29, 1.82) is 5.26 Å². The zero-order chi connectivity index (χ0) is 13.7. The summed E-state index contributed by atoms with van der Waals surface area (Å²) < 4.78 is 12.7. The molecule has 0 aliphatic heterocycles. The molecule has 0 unspecified atom stereocenters. The van der Waals surface area contributed by atoms with Crippen LogP contribution in [0.25, 0.3) is 0 Å². The van der Waals surface area contributed by atoms with Crippen LogP contribution in [-0.2, 0) is 11.2 Å². The largest absolute Gasteiger partial charge is 0.326 e. The standard InChI is InChI=1S/C15H11FN2O/c16-13-6-4-11(5-7-13)9-15(19)18-14-3-1-2-12(8-14)10-17/h1-8H,9H2,(H,18,19). The third-order valence-electron chi connectivity index (χ3n) is 2.55. The quantitative estimate of drug-likeness (QED) is 0.915. The molecule has 0 spiro atoms. The Hall–Kier alpha value is -2.67. The fourth-order valence-electron chi connectivity index (χ4n) is 1.66. The van der Waals surface area contributed by atoms with Gasteiger partial charge < -0.3 is 5.32 Å². The molecule has 0 aliphatic rings. The molecule has 0 aromatic heterocycles. The molecule has 4 heteroatoms. The third-order valence-corrected chi connectivity index (χ3v) is 2.55. The Balaban J connectivity index is 2.01. The highest BCUT2D eigenvalue weighted by Crippen LogP contribution is 2.11. The van der Waals surface area contributed by atoms with Crippen molar-refractivity contribution < 1.29 is 9.18 Å². The van der Waals surface area contributed by atoms with Gasteiger partial charge in [0.05, 0.1) is 18.1 Å². The molecule has 2 rings (SSSR count). The van der Waals surface area contributed by atoms with E-state index in [0.29, 0.717) is 11.3 Å². The predicted octanol–water partition coefficient (Wildman–Crippen LogP) is 2.88. The fraction of sp³-hybridized carbons (Fsp3) is 0.0667. The molecule has 0 radical (unpaired) electrons. The molecule has 1 N–H and O–H groups in total. The van der Waals surface area contributed by atoms with Crippen LogP contribution in [0.4, 0.5) is 10.1 Å². The summed E-state index contributed by atoms with van der Waals surface area (Å²) in [4.78, 5) is 11.8. The maximum absolute atomic E-state index is 12.7. The molecule has 94 valence electrons. The van der Waals surface area contributed by atoms with Crippen LogP contribution in [0.3, 0.4) is 0 Å². The van der Waals surface area contributed by atoms with Crippen LogP contribution in [0.5, 0.6) is 0 Å². The van der Waals surface area contributed by atoms with Crippen molar-refractivity contribution in [3.63, 3.8) is 0 Å². The van der Waals surface area contributed by atoms with Crippen molar-refractivity contribution in [2.45, 2.75) is 6.42 Å². The first-order valence-electron chi connectivity index (χ1n) is 5.72. The van der Waals surface area contributed by atoms with Crippen molar-refractivity contribution in [3.05, 3.63) is 65.5 Å². The Kier molecular flexibility index (Phi) is 3.89. The summed E-state index contributed by atoms with van der Waals surface area (Å²) in [6.45, 7) is 0. The van der Waals surface area contributed by atoms with Crippen LogP contribution in [0, 0.1) is 17.1 Å². The SMILES string of the molecule is N#Cc1cccc(NC(=O)Cc2ccc(F)cc2)c1. The number of hydrogen-bond donors (Lipinski definition) is 1. The highest BCUT2D eigenvalue weighted by Gasteiger charge is 2.04. The average molecular weight is 254 g/mol. The van der Waals surface area contributed by atoms with E-state index < -0.39 is 0 Å². The maximum atomic E-state index is 12.7. The maximum Gasteiger partial charge on any atom is 0.228 e. The van der Waals surface area contributed by atoms with Gasteiger partial charge in [0.15, 0.2) is 0 Å². The van der Waals surface area contributed by atoms with Gasteiger partial charge in [-0.05, 0) is 35.9 Å². The summed E-state index contributed by atoms with van der Waals surface area (Å²) in [5, 5.41) is 11.5. The van der Waals surface area contributed by atoms with E-state index >= 15 is 0 Å². The Morgan fingerprint density at radius 2 is 1.95 bits per heavy atom. The van der Waals surface area contributed by atoms with Gasteiger partial charge in [-0.25, -0.2) is 4.39 Å². The molecule has 0 fully saturated rings. The van der Waals surface area contributed by atoms with Crippen molar-refractivity contribution in [2.24, 2.45) is 0 Å². The first kappa shape index (κ1) is 12.8. The number of carbonyl (C=O) groups excluding carboxylic acids is 1. The monoisotopic (exact) mass is 254 g/mol. The lowest BCUT2D eigenvalue weighted by molar-refractivity contribution is -0.115. The zero-order valence-corrected chi connectivity index (χ0v) is 10.1. The van der Waals surface area contributed by atoms with Crippen molar-refractivity contribution >= 4 is 11.6 Å². The lowest BCUT2D eigenvalue weighted by atomic mass is 10.1. The smallest absolute Gasteiger partial charge is 0.228 e. The molecule has 0 atom stereocenters. The van der Waals surface area contributed by atoms with E-state index in [4.69, 9.17) is 5.26 Å². The van der Waals surface area contributed by atoms with E-state index in [1.54, 1.807) is 36.4 Å². The summed E-state index contributed by atoms with van der Waals surface area (Å²) in [5.41, 5.74) is 1.79. The van der Waals surface area contributed by atoms with Crippen molar-refractivity contribution in [3.8, 4) is 6.07 Å². The highest BCUT2D eigenvalue weighted by molar-refractivity contribution is 5.92. The van der Waals surface area contributed by atoms with E-state index in [-0.39, 0.29) is 18.1 Å². The number of anilines is 1. The number of nitrogens with zero attached hydrogens (tertiary/aromatic N) is 1. The van der Waals surface area contributed by atoms with Gasteiger partial charge >= 0.3 is 0 Å². The molecule has 2 aromatic carbocycles.